The van der Waals surface area contributed by atoms with Crippen molar-refractivity contribution in [1.29, 1.82) is 5.26 Å². The molecular weight excluding hydrogens is 821 g/mol. The number of amides is 1. The number of fused-ring (bicyclic) bond motifs is 3. The molecule has 24 heteroatoms. The van der Waals surface area contributed by atoms with E-state index in [9.17, 15) is 24.3 Å². The number of rotatable bonds is 10. The largest absolute Gasteiger partial charge is 0.475 e. The van der Waals surface area contributed by atoms with Crippen LogP contribution >= 0.6 is 14.5 Å². The van der Waals surface area contributed by atoms with Crippen molar-refractivity contribution in [3.8, 4) is 6.07 Å². The molecule has 4 N–H and O–H groups in total. The molecule has 20 nitrogen and oxygen atoms in total. The van der Waals surface area contributed by atoms with Gasteiger partial charge in [0.05, 0.1) is 38.1 Å². The third-order valence-electron chi connectivity index (χ3n) is 11.0. The quantitative estimate of drug-likeness (QED) is 0.124. The Kier molecular flexibility index (Phi) is 11.5. The van der Waals surface area contributed by atoms with E-state index in [1.165, 1.54) is 17.2 Å². The highest BCUT2D eigenvalue weighted by Gasteiger charge is 2.83. The van der Waals surface area contributed by atoms with Gasteiger partial charge >= 0.3 is 14.5 Å². The highest BCUT2D eigenvalue weighted by atomic mass is 32.5. The highest BCUT2D eigenvalue weighted by Crippen LogP contribution is 2.69. The van der Waals surface area contributed by atoms with Crippen molar-refractivity contribution in [1.82, 2.24) is 29.5 Å². The zero-order valence-electron chi connectivity index (χ0n) is 32.5. The highest BCUT2D eigenvalue weighted by molar-refractivity contribution is 8.07. The number of nitrogens with zero attached hydrogens (tertiary/aromatic N) is 6. The number of carbonyl (C=O) groups excluding carboxylic acids is 1. The molecule has 4 aliphatic rings. The van der Waals surface area contributed by atoms with Gasteiger partial charge in [0.1, 0.15) is 36.1 Å². The van der Waals surface area contributed by atoms with Gasteiger partial charge in [0.25, 0.3) is 5.56 Å². The Bertz CT molecular complexity index is 2200. The first-order valence-corrected chi connectivity index (χ1v) is 25.5. The lowest BCUT2D eigenvalue weighted by Gasteiger charge is -2.42. The van der Waals surface area contributed by atoms with Crippen LogP contribution in [0, 0.1) is 23.2 Å². The summed E-state index contributed by atoms with van der Waals surface area (Å²) in [6.07, 6.45) is -0.455. The fourth-order valence-corrected chi connectivity index (χ4v) is 11.8. The van der Waals surface area contributed by atoms with E-state index in [0.29, 0.717) is 18.7 Å². The molecule has 2 saturated carbocycles. The second-order valence-corrected chi connectivity index (χ2v) is 25.5. The minimum Gasteiger partial charge on any atom is -0.403 e. The summed E-state index contributed by atoms with van der Waals surface area (Å²) < 4.78 is 61.2. The molecular formula is C33H47N9O11P2SSi. The molecule has 0 bridgehead atoms. The topological polar surface area (TPSA) is 256 Å². The van der Waals surface area contributed by atoms with E-state index in [1.54, 1.807) is 26.1 Å². The summed E-state index contributed by atoms with van der Waals surface area (Å²) in [6, 6.07) is 3.47. The molecule has 3 unspecified atom stereocenters. The summed E-state index contributed by atoms with van der Waals surface area (Å²) in [4.78, 5) is 57.1. The Morgan fingerprint density at radius 1 is 1.23 bits per heavy atom. The molecule has 4 fully saturated rings. The third kappa shape index (κ3) is 8.40. The van der Waals surface area contributed by atoms with E-state index in [4.69, 9.17) is 43.6 Å². The van der Waals surface area contributed by atoms with Gasteiger partial charge in [-0.1, -0.05) is 34.6 Å². The van der Waals surface area contributed by atoms with Crippen molar-refractivity contribution in [2.45, 2.75) is 114 Å². The minimum atomic E-state index is -4.62. The summed E-state index contributed by atoms with van der Waals surface area (Å²) >= 11 is 5.66. The smallest absolute Gasteiger partial charge is 0.403 e. The fraction of sp³-hybridized carbons (Fsp3) is 0.667. The number of anilines is 2. The number of nitrogens with one attached hydrogen (secondary N) is 3. The van der Waals surface area contributed by atoms with E-state index < -0.39 is 76.5 Å². The van der Waals surface area contributed by atoms with Crippen molar-refractivity contribution in [2.75, 3.05) is 23.8 Å². The lowest BCUT2D eigenvalue weighted by atomic mass is 10.1. The molecule has 0 radical (unpaired) electrons. The van der Waals surface area contributed by atoms with Crippen LogP contribution in [0.4, 0.5) is 11.8 Å². The predicted molar refractivity (Wildman–Crippen MR) is 210 cm³/mol. The first kappa shape index (κ1) is 42.1. The first-order valence-electron chi connectivity index (χ1n) is 18.6. The number of aromatic amines is 1. The van der Waals surface area contributed by atoms with Crippen LogP contribution in [0.25, 0.3) is 11.2 Å². The summed E-state index contributed by atoms with van der Waals surface area (Å²) in [5.74, 6) is -0.843. The Morgan fingerprint density at radius 2 is 2.00 bits per heavy atom. The van der Waals surface area contributed by atoms with Crippen molar-refractivity contribution in [3.63, 3.8) is 0 Å². The van der Waals surface area contributed by atoms with E-state index >= 15 is 0 Å². The van der Waals surface area contributed by atoms with Crippen LogP contribution in [0.15, 0.2) is 29.7 Å². The molecule has 57 heavy (non-hydrogen) atoms. The second-order valence-electron chi connectivity index (χ2n) is 16.4. The van der Waals surface area contributed by atoms with Gasteiger partial charge in [-0.3, -0.25) is 42.6 Å². The molecule has 3 aromatic rings. The standard InChI is InChI=1S/C33H47N9O11P2SSi/c1-18(2)28(43)40-31-39-27-23(29(44)41-31)37-17-42(27)30-26-33(53-57(6,7)32(3,4)5)24(49-30)25(33)52-55(46,56)50-21-14-20(38-22-9-11-35-16-36-22)13-19(21)15-48-54(45,51-26)47-12-8-10-34/h9,11,16-21,24-26,30H,8,12-15H2,1-7H3,(H,46,56)(H,35,36,38)(H2,39,40,41,43,44)/t19-,20-,21+,24-,25+,26+,30-,33?,54?,55?/m1/s1. The van der Waals surface area contributed by atoms with E-state index in [1.807, 2.05) is 39.9 Å². The van der Waals surface area contributed by atoms with Gasteiger partial charge in [0, 0.05) is 24.1 Å². The molecule has 3 aromatic heterocycles. The van der Waals surface area contributed by atoms with Crippen molar-refractivity contribution >= 4 is 63.5 Å². The number of nitriles is 1. The molecule has 1 amide bonds. The predicted octanol–water partition coefficient (Wildman–Crippen LogP) is 4.51. The number of carbonyl (C=O) groups is 1. The summed E-state index contributed by atoms with van der Waals surface area (Å²) in [6.45, 7) is 8.89. The zero-order chi connectivity index (χ0) is 41.1. The molecule has 2 aliphatic carbocycles. The van der Waals surface area contributed by atoms with Gasteiger partial charge in [-0.25, -0.2) is 19.5 Å². The number of phosphoric ester groups is 1. The normalized spacial score (nSPS) is 34.1. The number of imidazole rings is 1. The second kappa shape index (κ2) is 15.5. The molecule has 0 spiro atoms. The zero-order valence-corrected chi connectivity index (χ0v) is 36.1. The molecule has 10 atom stereocenters. The Morgan fingerprint density at radius 3 is 2.68 bits per heavy atom. The number of phosphoric acid groups is 1. The number of hydrogen-bond acceptors (Lipinski definition) is 17. The lowest BCUT2D eigenvalue weighted by Crippen LogP contribution is -2.51. The van der Waals surface area contributed by atoms with Gasteiger partial charge < -0.3 is 23.9 Å². The molecule has 2 aliphatic heterocycles. The maximum Gasteiger partial charge on any atom is 0.475 e. The number of H-pyrrole nitrogens is 1. The molecule has 5 heterocycles. The monoisotopic (exact) mass is 867 g/mol. The van der Waals surface area contributed by atoms with E-state index in [2.05, 4.69) is 35.6 Å². The maximum atomic E-state index is 15.0. The van der Waals surface area contributed by atoms with Crippen LogP contribution in [0.2, 0.25) is 18.1 Å². The molecule has 7 rings (SSSR count). The summed E-state index contributed by atoms with van der Waals surface area (Å²) in [7, 11) is -7.45. The average molecular weight is 868 g/mol. The number of hydrogen-bond donors (Lipinski definition) is 4. The molecule has 0 aromatic carbocycles. The molecule has 2 saturated heterocycles. The van der Waals surface area contributed by atoms with Gasteiger partial charge in [0.15, 0.2) is 25.7 Å². The Labute approximate surface area is 334 Å². The fourth-order valence-electron chi connectivity index (χ4n) is 7.01. The van der Waals surface area contributed by atoms with Crippen molar-refractivity contribution < 1.29 is 46.0 Å². The van der Waals surface area contributed by atoms with E-state index in [0.717, 1.165) is 0 Å². The van der Waals surface area contributed by atoms with Crippen LogP contribution in [0.3, 0.4) is 0 Å². The van der Waals surface area contributed by atoms with Gasteiger partial charge in [-0.2, -0.15) is 10.2 Å². The van der Waals surface area contributed by atoms with Crippen molar-refractivity contribution in [3.05, 3.63) is 35.3 Å². The number of aromatic nitrogens is 6. The SMILES string of the molecule is CC(C)C(=O)Nc1nc2c(ncn2[C@@H]2O[C@@H]3[C@@H]4OP(O)(=S)O[C@H]5C[C@H](Nc6ccncn6)C[C@@H]5COP(=O)(OCCC#N)O[C@@H]2C34O[Si](C)(C)C(C)(C)C)c(=O)[nH]1. The first-order chi connectivity index (χ1) is 26.8. The van der Waals surface area contributed by atoms with Gasteiger partial charge in [-0.05, 0) is 48.8 Å². The lowest BCUT2D eigenvalue weighted by molar-refractivity contribution is -0.118. The van der Waals surface area contributed by atoms with Crippen LogP contribution in [0.1, 0.15) is 60.1 Å². The Hall–Kier alpha value is -3.03. The van der Waals surface area contributed by atoms with Crippen LogP contribution in [-0.4, -0.2) is 97.9 Å². The third-order valence-corrected chi connectivity index (χ3v) is 18.5. The summed E-state index contributed by atoms with van der Waals surface area (Å²) in [5, 5.41) is 14.9. The average Bonchev–Trinajstić information content (AvgIpc) is 3.47. The van der Waals surface area contributed by atoms with Gasteiger partial charge in [0.2, 0.25) is 11.9 Å². The minimum absolute atomic E-state index is 0.00607. The molecule has 310 valence electrons. The van der Waals surface area contributed by atoms with E-state index in [-0.39, 0.29) is 53.7 Å². The Balaban J connectivity index is 1.31. The van der Waals surface area contributed by atoms with Crippen molar-refractivity contribution in [2.24, 2.45) is 11.8 Å². The van der Waals surface area contributed by atoms with Crippen LogP contribution in [0.5, 0.6) is 0 Å². The maximum absolute atomic E-state index is 15.0. The number of ether oxygens (including phenoxy) is 1. The van der Waals surface area contributed by atoms with Gasteiger partial charge in [-0.15, -0.1) is 0 Å². The summed E-state index contributed by atoms with van der Waals surface area (Å²) in [5.41, 5.74) is -2.30. The van der Waals surface area contributed by atoms with Crippen LogP contribution < -0.4 is 16.2 Å². The van der Waals surface area contributed by atoms with Crippen LogP contribution in [-0.2, 0) is 52.9 Å².